The van der Waals surface area contributed by atoms with Crippen molar-refractivity contribution in [3.63, 3.8) is 0 Å². The second-order valence-corrected chi connectivity index (χ2v) is 22.4. The predicted molar refractivity (Wildman–Crippen MR) is 284 cm³/mol. The van der Waals surface area contributed by atoms with Gasteiger partial charge in [-0.15, -0.1) is 0 Å². The Morgan fingerprint density at radius 1 is 0.328 bits per heavy atom. The van der Waals surface area contributed by atoms with E-state index in [1.807, 2.05) is 34.0 Å². The van der Waals surface area contributed by atoms with E-state index in [1.54, 1.807) is 0 Å². The molecule has 2 nitrogen and oxygen atoms in total. The van der Waals surface area contributed by atoms with E-state index >= 15 is 0 Å². The summed E-state index contributed by atoms with van der Waals surface area (Å²) in [6.07, 6.45) is 9.01. The van der Waals surface area contributed by atoms with Crippen molar-refractivity contribution in [1.29, 1.82) is 0 Å². The molecule has 9 aromatic rings. The zero-order valence-corrected chi connectivity index (χ0v) is 40.7. The Kier molecular flexibility index (Phi) is 10.5. The molecule has 0 amide bonds. The summed E-state index contributed by atoms with van der Waals surface area (Å²) in [6.45, 7) is 13.4. The van der Waals surface area contributed by atoms with Gasteiger partial charge in [-0.2, -0.15) is 0 Å². The minimum atomic E-state index is -0.0604. The van der Waals surface area contributed by atoms with Crippen molar-refractivity contribution in [2.24, 2.45) is 0 Å². The number of benzene rings is 4. The third-order valence-corrected chi connectivity index (χ3v) is 18.2. The van der Waals surface area contributed by atoms with Crippen molar-refractivity contribution in [2.45, 2.75) is 41.5 Å². The van der Waals surface area contributed by atoms with Gasteiger partial charge in [0.05, 0.1) is 0 Å². The normalized spacial score (nSPS) is 12.1. The number of rotatable bonds is 4. The summed E-state index contributed by atoms with van der Waals surface area (Å²) in [6, 6.07) is 49.4. The Bertz CT molecular complexity index is 3390. The summed E-state index contributed by atoms with van der Waals surface area (Å²) in [7, 11) is 0. The monoisotopic (exact) mass is 944 g/mol. The molecule has 2 aliphatic rings. The van der Waals surface area contributed by atoms with Crippen LogP contribution in [-0.4, -0.2) is 24.5 Å². The van der Waals surface area contributed by atoms with Crippen LogP contribution in [0.4, 0.5) is 0 Å². The first-order chi connectivity index (χ1) is 31.2. The van der Waals surface area contributed by atoms with E-state index in [1.165, 1.54) is 103 Å². The van der Waals surface area contributed by atoms with Gasteiger partial charge >= 0.3 is 395 Å². The van der Waals surface area contributed by atoms with E-state index < -0.39 is 0 Å². The zero-order chi connectivity index (χ0) is 43.6. The van der Waals surface area contributed by atoms with Gasteiger partial charge in [-0.25, -0.2) is 0 Å². The summed E-state index contributed by atoms with van der Waals surface area (Å²) in [4.78, 5) is 11.3. The third kappa shape index (κ3) is 7.34. The molecule has 11 rings (SSSR count). The van der Waals surface area contributed by atoms with Crippen LogP contribution in [0.15, 0.2) is 133 Å². The Morgan fingerprint density at radius 2 is 0.641 bits per heavy atom. The van der Waals surface area contributed by atoms with Gasteiger partial charge in [-0.3, -0.25) is 0 Å². The van der Waals surface area contributed by atoms with Crippen molar-refractivity contribution in [1.82, 2.24) is 9.97 Å². The molecular weight excluding hydrogens is 900 g/mol. The van der Waals surface area contributed by atoms with Crippen molar-refractivity contribution in [2.75, 3.05) is 0 Å². The number of aromatic nitrogens is 2. The first-order valence-electron chi connectivity index (χ1n) is 21.6. The fraction of sp³-hybridized carbons (Fsp3) is 0.103. The standard InChI is InChI=1S/C58H44N2S3Se/c1-33-29-35(3)53(36(4)30-33)57-43-19-17-41(59-43)55(39-13-9-7-10-14-39)49-25-23-47(62-49)45-21-22-46(61-45)48-24-26-50(63-48)56(40-15-11-8-12-16-40)42-18-20-44(60-42)58(52-28-27-51(57)64-52)54-37(5)31-34(2)32-38(54)6/h7-32H,1-6H3. The van der Waals surface area contributed by atoms with Crippen LogP contribution >= 0.6 is 34.0 Å². The molecule has 64 heavy (non-hydrogen) atoms. The van der Waals surface area contributed by atoms with Crippen LogP contribution in [0.3, 0.4) is 0 Å². The van der Waals surface area contributed by atoms with E-state index in [4.69, 9.17) is 9.97 Å². The van der Waals surface area contributed by atoms with E-state index in [0.29, 0.717) is 0 Å². The van der Waals surface area contributed by atoms with Crippen molar-refractivity contribution in [3.05, 3.63) is 190 Å². The van der Waals surface area contributed by atoms with Gasteiger partial charge in [0.1, 0.15) is 0 Å². The van der Waals surface area contributed by atoms with E-state index in [2.05, 4.69) is 199 Å². The van der Waals surface area contributed by atoms with Crippen LogP contribution < -0.4 is 0 Å². The third-order valence-electron chi connectivity index (χ3n) is 12.2. The summed E-state index contributed by atoms with van der Waals surface area (Å²) in [5.74, 6) is 0. The number of aryl methyl sites for hydroxylation is 6. The maximum atomic E-state index is 5.64. The van der Waals surface area contributed by atoms with E-state index in [-0.39, 0.29) is 14.5 Å². The van der Waals surface area contributed by atoms with Crippen LogP contribution in [0.1, 0.15) is 56.2 Å². The Balaban J connectivity index is 1.34. The maximum absolute atomic E-state index is 5.64. The number of hydrogen-bond acceptors (Lipinski definition) is 5. The molecule has 310 valence electrons. The van der Waals surface area contributed by atoms with E-state index in [9.17, 15) is 0 Å². The molecule has 0 fully saturated rings. The molecule has 7 heterocycles. The Labute approximate surface area is 392 Å². The molecule has 2 aliphatic heterocycles. The summed E-state index contributed by atoms with van der Waals surface area (Å²) in [5.41, 5.74) is 21.3. The number of nitrogens with zero attached hydrogens (tertiary/aromatic N) is 2. The fourth-order valence-electron chi connectivity index (χ4n) is 9.65. The van der Waals surface area contributed by atoms with Gasteiger partial charge in [-0.1, -0.05) is 0 Å². The molecule has 4 aromatic carbocycles. The second-order valence-electron chi connectivity index (χ2n) is 16.9. The molecular formula is C58H44N2S3Se. The van der Waals surface area contributed by atoms with Crippen LogP contribution in [0.5, 0.6) is 0 Å². The van der Waals surface area contributed by atoms with Gasteiger partial charge < -0.3 is 0 Å². The van der Waals surface area contributed by atoms with Gasteiger partial charge in [0.25, 0.3) is 0 Å². The summed E-state index contributed by atoms with van der Waals surface area (Å²) < 4.78 is 10.1. The average Bonchev–Trinajstić information content (AvgIpc) is 4.14. The first-order valence-corrected chi connectivity index (χ1v) is 25.8. The van der Waals surface area contributed by atoms with Crippen LogP contribution in [0.2, 0.25) is 0 Å². The Hall–Kier alpha value is -5.98. The van der Waals surface area contributed by atoms with Crippen LogP contribution in [-0.2, 0) is 0 Å². The van der Waals surface area contributed by atoms with Gasteiger partial charge in [0.2, 0.25) is 0 Å². The second kappa shape index (κ2) is 16.5. The first kappa shape index (κ1) is 40.8. The molecule has 12 bridgehead atoms. The molecule has 0 spiro atoms. The minimum absolute atomic E-state index is 0.0604. The van der Waals surface area contributed by atoms with Gasteiger partial charge in [0, 0.05) is 0 Å². The molecule has 6 heteroatoms. The van der Waals surface area contributed by atoms with Crippen molar-refractivity contribution in [3.8, 4) is 44.5 Å². The molecule has 0 radical (unpaired) electrons. The molecule has 0 aliphatic carbocycles. The molecule has 0 unspecified atom stereocenters. The zero-order valence-electron chi connectivity index (χ0n) is 36.5. The topological polar surface area (TPSA) is 25.8 Å². The van der Waals surface area contributed by atoms with Crippen LogP contribution in [0, 0.1) is 41.5 Å². The van der Waals surface area contributed by atoms with Crippen molar-refractivity contribution >= 4 is 110 Å². The predicted octanol–water partition coefficient (Wildman–Crippen LogP) is 17.2. The molecule has 0 N–H and O–H groups in total. The molecule has 5 aromatic heterocycles. The van der Waals surface area contributed by atoms with Crippen LogP contribution in [0.25, 0.3) is 106 Å². The average molecular weight is 944 g/mol. The molecule has 0 saturated heterocycles. The molecule has 0 saturated carbocycles. The Morgan fingerprint density at radius 3 is 1.00 bits per heavy atom. The van der Waals surface area contributed by atoms with E-state index in [0.717, 1.165) is 33.9 Å². The quantitative estimate of drug-likeness (QED) is 0.164. The fourth-order valence-corrected chi connectivity index (χ4v) is 15.4. The number of fused-ring (bicyclic) bond motifs is 14. The number of hydrogen-bond donors (Lipinski definition) is 0. The summed E-state index contributed by atoms with van der Waals surface area (Å²) >= 11 is 5.50. The number of thiophene rings is 3. The van der Waals surface area contributed by atoms with Gasteiger partial charge in [-0.05, 0) is 0 Å². The summed E-state index contributed by atoms with van der Waals surface area (Å²) in [5, 5.41) is 0. The van der Waals surface area contributed by atoms with Gasteiger partial charge in [0.15, 0.2) is 0 Å². The SMILES string of the molecule is Cc1cc(C)c(-c2c3nc(c(-c4ccccc4)c4ccc(s4)c4ccc(s4)c4ccc(s4)c(-c4ccccc4)c4nc(c(-c5c(C)cc(C)cc5C)c5ccc2[se]5)C=C4)C=C3)c(C)c1. The van der Waals surface area contributed by atoms with Crippen molar-refractivity contribution < 1.29 is 0 Å². The molecule has 0 atom stereocenters.